The molecule has 6 aliphatic rings. The summed E-state index contributed by atoms with van der Waals surface area (Å²) in [7, 11) is 14.2. The van der Waals surface area contributed by atoms with Gasteiger partial charge in [-0.1, -0.05) is 41.5 Å². The number of rotatable bonds is 17. The fourth-order valence-corrected chi connectivity index (χ4v) is 19.7. The number of esters is 4. The number of ether oxygens (including phenoxy) is 15. The normalized spacial score (nSPS) is 41.9. The lowest BCUT2D eigenvalue weighted by Gasteiger charge is -2.49. The lowest BCUT2D eigenvalue weighted by molar-refractivity contribution is -0.318. The number of aromatic nitrogens is 6. The Balaban J connectivity index is 0.000000312. The van der Waals surface area contributed by atoms with Crippen molar-refractivity contribution in [1.82, 2.24) is 48.3 Å². The second kappa shape index (κ2) is 46.4. The number of carbonyl (C=O) groups is 6. The zero-order valence-corrected chi connectivity index (χ0v) is 81.8. The van der Waals surface area contributed by atoms with Gasteiger partial charge in [0.2, 0.25) is 0 Å². The van der Waals surface area contributed by atoms with Gasteiger partial charge in [0.15, 0.2) is 43.5 Å². The summed E-state index contributed by atoms with van der Waals surface area (Å²) in [6, 6.07) is -1.89. The van der Waals surface area contributed by atoms with Gasteiger partial charge in [-0.05, 0) is 190 Å². The van der Waals surface area contributed by atoms with E-state index < -0.39 is 210 Å². The number of carbonyl (C=O) groups excluding carboxylic acids is 6. The van der Waals surface area contributed by atoms with E-state index in [0.717, 1.165) is 0 Å². The minimum absolute atomic E-state index is 0.0463. The molecule has 6 saturated heterocycles. The maximum absolute atomic E-state index is 14.5. The first-order valence-electron chi connectivity index (χ1n) is 45.4. The van der Waals surface area contributed by atoms with Crippen molar-refractivity contribution in [2.24, 2.45) is 35.5 Å². The van der Waals surface area contributed by atoms with Gasteiger partial charge in [-0.15, -0.1) is 0 Å². The Labute approximate surface area is 762 Å². The van der Waals surface area contributed by atoms with Crippen LogP contribution in [-0.4, -0.2) is 370 Å². The van der Waals surface area contributed by atoms with E-state index in [4.69, 9.17) is 71.1 Å². The van der Waals surface area contributed by atoms with E-state index in [1.54, 1.807) is 115 Å². The van der Waals surface area contributed by atoms with Crippen molar-refractivity contribution in [3.63, 3.8) is 0 Å². The van der Waals surface area contributed by atoms with E-state index in [1.165, 1.54) is 87.0 Å². The minimum atomic E-state index is -1.85. The minimum Gasteiger partial charge on any atom is -0.459 e. The van der Waals surface area contributed by atoms with Gasteiger partial charge in [0.1, 0.15) is 66.3 Å². The quantitative estimate of drug-likeness (QED) is 0.0565. The summed E-state index contributed by atoms with van der Waals surface area (Å²) in [4.78, 5) is 97.6. The third-order valence-corrected chi connectivity index (χ3v) is 27.3. The van der Waals surface area contributed by atoms with E-state index in [0.29, 0.717) is 25.9 Å². The molecule has 6 fully saturated rings. The van der Waals surface area contributed by atoms with Crippen LogP contribution in [0.5, 0.6) is 0 Å². The highest BCUT2D eigenvalue weighted by Gasteiger charge is 2.58. The van der Waals surface area contributed by atoms with Gasteiger partial charge >= 0.3 is 36.0 Å². The molecule has 38 heteroatoms. The number of hydrogen-bond acceptors (Lipinski definition) is 35. The van der Waals surface area contributed by atoms with Crippen LogP contribution in [-0.2, 0) is 90.2 Å². The topological polar surface area (TPSA) is 449 Å². The van der Waals surface area contributed by atoms with Gasteiger partial charge in [-0.25, -0.2) is 29.1 Å². The fraction of sp³-hybridized carbons (Fsp3) is 0.835. The average Bonchev–Trinajstić information content (AvgIpc) is 0.984. The van der Waals surface area contributed by atoms with Crippen molar-refractivity contribution in [2.45, 2.75) is 384 Å². The lowest BCUT2D eigenvalue weighted by atomic mass is 9.77. The summed E-state index contributed by atoms with van der Waals surface area (Å²) in [5, 5.41) is 83.2. The van der Waals surface area contributed by atoms with Crippen molar-refractivity contribution >= 4 is 36.0 Å². The molecule has 9 rings (SSSR count). The number of imidazole rings is 3. The van der Waals surface area contributed by atoms with E-state index in [1.807, 2.05) is 96.5 Å². The summed E-state index contributed by atoms with van der Waals surface area (Å²) < 4.78 is 98.4. The Kier molecular flexibility index (Phi) is 39.5. The second-order valence-electron chi connectivity index (χ2n) is 39.0. The highest BCUT2D eigenvalue weighted by Crippen LogP contribution is 2.45. The van der Waals surface area contributed by atoms with E-state index >= 15 is 0 Å². The summed E-state index contributed by atoms with van der Waals surface area (Å²) in [5.41, 5.74) is -9.09. The first kappa shape index (κ1) is 110. The number of likely N-dealkylation sites (N-methyl/N-ethyl adjacent to an activating group) is 4. The number of aliphatic hydroxyl groups is 7. The van der Waals surface area contributed by atoms with Gasteiger partial charge in [0.25, 0.3) is 0 Å². The third-order valence-electron chi connectivity index (χ3n) is 27.3. The van der Waals surface area contributed by atoms with Crippen LogP contribution >= 0.6 is 0 Å². The molecule has 0 amide bonds. The smallest absolute Gasteiger partial charge is 0.419 e. The van der Waals surface area contributed by atoms with Crippen molar-refractivity contribution in [3.05, 3.63) is 56.2 Å². The predicted molar refractivity (Wildman–Crippen MR) is 470 cm³/mol. The Morgan fingerprint density at radius 3 is 1.17 bits per heavy atom. The molecule has 129 heavy (non-hydrogen) atoms. The molecule has 0 aromatic carbocycles. The second-order valence-corrected chi connectivity index (χ2v) is 39.0. The van der Waals surface area contributed by atoms with E-state index in [2.05, 4.69) is 15.0 Å². The van der Waals surface area contributed by atoms with Gasteiger partial charge < -0.3 is 126 Å². The van der Waals surface area contributed by atoms with Crippen LogP contribution < -0.4 is 0 Å². The molecule has 36 atom stereocenters. The van der Waals surface area contributed by atoms with Gasteiger partial charge in [-0.2, -0.15) is 0 Å². The third kappa shape index (κ3) is 27.4. The SMILES string of the molecule is CC[C@H]1OC(=O)[C@H](C)[C@@H](OC2C[C@@](C)(OC)[C@H](O)[C@@H](C)O2)[C@H](C)[C@@H](O[C@@H]2O[C@H](C)CC(N(C)C)[C@H]2OC(C)=O)[C@](C)(O)C[C@@H](C)CN(C)[C@H](C)[C@@H](O)[C@]1(C)O.CC[C@H]1OC(=O)[C@H](C)[C@@H](OC2C[C@@](C)(OC)[C@H](OC(=O)n3ccnc3)[C@@H](C)O2)[C@H](C)[C@@H](O[C@@H]2O[C@H](C)CC(N(C)C)[C@H]2OC(C)=O)[C@](C)(O)C[C@@H](C)CN(C)[C@H](C)[C@@H](O)[C@]1(C)O.O=C(n1ccnc1)n1ccnc1. The monoisotopic (exact) mass is 1840 g/mol. The predicted octanol–water partition coefficient (Wildman–Crippen LogP) is 6.43. The molecule has 0 bridgehead atoms. The van der Waals surface area contributed by atoms with Crippen LogP contribution in [0, 0.1) is 35.5 Å². The number of aliphatic hydroxyl groups excluding tert-OH is 3. The molecule has 0 spiro atoms. The maximum atomic E-state index is 14.5. The molecule has 38 nitrogen and oxygen atoms in total. The standard InChI is InChI=1S/C44H76N4O14.C40H74N2O13.C7H6N4O/c1-16-32-44(11,54)36(50)28(6)47(14)22-24(2)20-42(9,53)37(61-40-35(58-30(8)49)31(46(12)13)19-25(3)56-40)26(4)34(27(5)39(51)59-32)60-33-21-43(10,55-15)38(29(7)57-33)62-41(52)48-18-17-45-23-48;1-16-29-40(11,48)33(44)25(6)42(14)20-21(2)18-38(9,47)35(55-37-32(52-27(8)43)28(41(12)13)17-22(3)50-37)23(4)31(24(5)36(46)53-29)54-30-19-39(10,49-15)34(45)26(7)51-30;12-7(10-3-1-8-5-10)11-4-2-9-6-11/h17-18,23-29,31-38,40,50,53-54H,16,19-22H2,1-15H3;21-26,28-35,37,44-45,47-48H,16-20H2,1-15H3;1-6H/t24-,25-,26+,27-,28-,29-,31?,32-,33?,34+,35-,36-,37-,38-,40+,42-,43-,44-;21-,22-,23+,24-,25-,26-,28?,29-,30?,31+,32-,33-,34-,35-,37+,38-,39-,40-;/m11./s1. The molecular weight excluding hydrogens is 1680 g/mol. The summed E-state index contributed by atoms with van der Waals surface area (Å²) in [6.07, 6.45) is -4.33. The Morgan fingerprint density at radius 2 is 0.837 bits per heavy atom. The van der Waals surface area contributed by atoms with E-state index in [-0.39, 0.29) is 80.7 Å². The Bertz CT molecular complexity index is 3920. The molecule has 6 aliphatic heterocycles. The van der Waals surface area contributed by atoms with Gasteiger partial charge in [-0.3, -0.25) is 28.3 Å². The largest absolute Gasteiger partial charge is 0.459 e. The molecule has 0 saturated carbocycles. The molecular formula is C91H156N10O28. The zero-order valence-electron chi connectivity index (χ0n) is 81.8. The first-order valence-corrected chi connectivity index (χ1v) is 45.4. The van der Waals surface area contributed by atoms with Crippen LogP contribution in [0.3, 0.4) is 0 Å². The van der Waals surface area contributed by atoms with Crippen LogP contribution in [0.25, 0.3) is 0 Å². The average molecular weight is 1840 g/mol. The van der Waals surface area contributed by atoms with Gasteiger partial charge in [0, 0.05) is 115 Å². The Hall–Kier alpha value is -6.19. The van der Waals surface area contributed by atoms with Crippen LogP contribution in [0.1, 0.15) is 204 Å². The number of hydrogen-bond donors (Lipinski definition) is 7. The van der Waals surface area contributed by atoms with Crippen LogP contribution in [0.2, 0.25) is 0 Å². The molecule has 3 aromatic heterocycles. The van der Waals surface area contributed by atoms with Gasteiger partial charge in [0.05, 0.1) is 89.6 Å². The lowest BCUT2D eigenvalue weighted by Crippen LogP contribution is -2.61. The molecule has 4 unspecified atom stereocenters. The summed E-state index contributed by atoms with van der Waals surface area (Å²) in [5.74, 6) is -6.60. The van der Waals surface area contributed by atoms with Crippen molar-refractivity contribution in [2.75, 3.05) is 69.6 Å². The molecule has 7 N–H and O–H groups in total. The number of methoxy groups -OCH3 is 2. The highest BCUT2D eigenvalue weighted by atomic mass is 16.7. The zero-order chi connectivity index (χ0) is 97.0. The van der Waals surface area contributed by atoms with Crippen LogP contribution in [0.4, 0.5) is 9.59 Å². The molecule has 0 radical (unpaired) electrons. The van der Waals surface area contributed by atoms with E-state index in [9.17, 15) is 64.5 Å². The fourth-order valence-electron chi connectivity index (χ4n) is 19.7. The van der Waals surface area contributed by atoms with Crippen molar-refractivity contribution < 1.29 is 136 Å². The molecule has 738 valence electrons. The Morgan fingerprint density at radius 1 is 0.481 bits per heavy atom. The summed E-state index contributed by atoms with van der Waals surface area (Å²) in [6.45, 7) is 38.5. The summed E-state index contributed by atoms with van der Waals surface area (Å²) >= 11 is 0. The number of nitrogens with zero attached hydrogens (tertiary/aromatic N) is 10. The highest BCUT2D eigenvalue weighted by molar-refractivity contribution is 5.78. The molecule has 0 aliphatic carbocycles. The van der Waals surface area contributed by atoms with Crippen molar-refractivity contribution in [1.29, 1.82) is 0 Å². The number of cyclic esters (lactones) is 2. The van der Waals surface area contributed by atoms with Crippen molar-refractivity contribution in [3.8, 4) is 0 Å². The molecule has 9 heterocycles. The van der Waals surface area contributed by atoms with Crippen LogP contribution in [0.15, 0.2) is 56.2 Å². The first-order chi connectivity index (χ1) is 59.9. The molecule has 3 aromatic rings. The maximum Gasteiger partial charge on any atom is 0.419 e.